The van der Waals surface area contributed by atoms with Crippen LogP contribution in [0.1, 0.15) is 57.2 Å². The van der Waals surface area contributed by atoms with Crippen molar-refractivity contribution in [2.75, 3.05) is 27.1 Å². The van der Waals surface area contributed by atoms with E-state index in [-0.39, 0.29) is 30.7 Å². The Hall–Kier alpha value is -2.11. The van der Waals surface area contributed by atoms with Gasteiger partial charge < -0.3 is 14.8 Å². The molecule has 2 N–H and O–H groups in total. The minimum atomic E-state index is -3.94. The molecular formula is C20H33N3O9P+. The Morgan fingerprint density at radius 3 is 2.61 bits per heavy atom. The number of carbonyl (C=O) groups excluding carboxylic acids is 3. The average Bonchev–Trinajstić information content (AvgIpc) is 3.12. The quantitative estimate of drug-likeness (QED) is 0.313. The Morgan fingerprint density at radius 1 is 1.36 bits per heavy atom. The number of amides is 1. The van der Waals surface area contributed by atoms with Crippen molar-refractivity contribution in [2.24, 2.45) is 12.5 Å². The molecule has 1 aliphatic rings. The second-order valence-electron chi connectivity index (χ2n) is 9.30. The van der Waals surface area contributed by atoms with E-state index in [1.54, 1.807) is 27.0 Å². The Balaban J connectivity index is 1.95. The molecule has 0 aliphatic carbocycles. The molecule has 0 spiro atoms. The molecule has 33 heavy (non-hydrogen) atoms. The maximum Gasteiger partial charge on any atom is 0.576 e. The molecule has 1 saturated heterocycles. The average molecular weight is 490 g/mol. The summed E-state index contributed by atoms with van der Waals surface area (Å²) in [6, 6.07) is 1.62. The van der Waals surface area contributed by atoms with Gasteiger partial charge in [0.2, 0.25) is 6.79 Å². The molecule has 2 rings (SSSR count). The second-order valence-corrected chi connectivity index (χ2v) is 11.0. The number of carbonyl (C=O) groups is 3. The highest BCUT2D eigenvalue weighted by molar-refractivity contribution is 7.55. The van der Waals surface area contributed by atoms with Gasteiger partial charge in [-0.2, -0.15) is 14.5 Å². The lowest BCUT2D eigenvalue weighted by atomic mass is 9.87. The van der Waals surface area contributed by atoms with Crippen molar-refractivity contribution in [1.82, 2.24) is 15.1 Å². The predicted octanol–water partition coefficient (Wildman–Crippen LogP) is 1.64. The van der Waals surface area contributed by atoms with Crippen molar-refractivity contribution in [2.45, 2.75) is 52.6 Å². The first-order chi connectivity index (χ1) is 15.2. The second kappa shape index (κ2) is 10.4. The molecule has 1 aliphatic heterocycles. The van der Waals surface area contributed by atoms with Gasteiger partial charge in [0.05, 0.1) is 19.2 Å². The molecule has 2 atom stereocenters. The van der Waals surface area contributed by atoms with Gasteiger partial charge in [0.15, 0.2) is 6.10 Å². The summed E-state index contributed by atoms with van der Waals surface area (Å²) in [6.45, 7) is 8.68. The standard InChI is InChI=1S/C20H32N3O9P/c1-19(2,3)14-10-13(23(6)22-14)18(26)29-12-31-33(27)30-11-20(4,5)16(32-33)17(25)21-9-8-15(24)28-7/h10,16,27H,8-9,11-12H2,1-7H3/p+1/t16-,33?/m0/s1. The minimum Gasteiger partial charge on any atom is -0.469 e. The first-order valence-corrected chi connectivity index (χ1v) is 11.8. The fourth-order valence-electron chi connectivity index (χ4n) is 2.83. The van der Waals surface area contributed by atoms with Gasteiger partial charge in [0.1, 0.15) is 12.3 Å². The molecule has 1 aromatic heterocycles. The number of esters is 2. The lowest BCUT2D eigenvalue weighted by Crippen LogP contribution is -2.50. The van der Waals surface area contributed by atoms with Crippen molar-refractivity contribution in [3.05, 3.63) is 17.5 Å². The van der Waals surface area contributed by atoms with Crippen LogP contribution in [0, 0.1) is 5.41 Å². The summed E-state index contributed by atoms with van der Waals surface area (Å²) < 4.78 is 27.0. The third-order valence-corrected chi connectivity index (χ3v) is 6.27. The van der Waals surface area contributed by atoms with E-state index in [2.05, 4.69) is 15.2 Å². The van der Waals surface area contributed by atoms with Crippen LogP contribution in [-0.2, 0) is 45.1 Å². The highest BCUT2D eigenvalue weighted by Crippen LogP contribution is 2.63. The first-order valence-electron chi connectivity index (χ1n) is 10.3. The van der Waals surface area contributed by atoms with Crippen LogP contribution in [0.5, 0.6) is 0 Å². The Morgan fingerprint density at radius 2 is 2.03 bits per heavy atom. The number of nitrogens with one attached hydrogen (secondary N) is 1. The molecular weight excluding hydrogens is 457 g/mol. The molecule has 0 radical (unpaired) electrons. The third kappa shape index (κ3) is 7.18. The summed E-state index contributed by atoms with van der Waals surface area (Å²) >= 11 is 0. The van der Waals surface area contributed by atoms with Gasteiger partial charge in [-0.1, -0.05) is 34.6 Å². The number of hydrogen-bond donors (Lipinski definition) is 2. The maximum atomic E-state index is 12.6. The zero-order chi connectivity index (χ0) is 25.0. The monoisotopic (exact) mass is 490 g/mol. The Labute approximate surface area is 193 Å². The molecule has 0 saturated carbocycles. The number of hydrogen-bond acceptors (Lipinski definition) is 10. The summed E-state index contributed by atoms with van der Waals surface area (Å²) in [5.41, 5.74) is -0.120. The highest BCUT2D eigenvalue weighted by Gasteiger charge is 2.59. The molecule has 1 fully saturated rings. The van der Waals surface area contributed by atoms with Crippen LogP contribution in [0.2, 0.25) is 0 Å². The van der Waals surface area contributed by atoms with E-state index in [4.69, 9.17) is 18.3 Å². The lowest BCUT2D eigenvalue weighted by Gasteiger charge is -2.36. The van der Waals surface area contributed by atoms with Crippen LogP contribution in [0.25, 0.3) is 0 Å². The van der Waals surface area contributed by atoms with E-state index < -0.39 is 44.3 Å². The predicted molar refractivity (Wildman–Crippen MR) is 117 cm³/mol. The normalized spacial score (nSPS) is 22.5. The number of aryl methyl sites for hydroxylation is 1. The first kappa shape index (κ1) is 27.1. The Bertz CT molecular complexity index is 881. The summed E-state index contributed by atoms with van der Waals surface area (Å²) in [5.74, 6) is -1.72. The van der Waals surface area contributed by atoms with E-state index >= 15 is 0 Å². The Kier molecular flexibility index (Phi) is 8.58. The molecule has 0 aromatic carbocycles. The van der Waals surface area contributed by atoms with Gasteiger partial charge in [-0.05, 0) is 6.07 Å². The number of aromatic nitrogens is 2. The van der Waals surface area contributed by atoms with E-state index in [1.165, 1.54) is 11.8 Å². The van der Waals surface area contributed by atoms with E-state index in [0.717, 1.165) is 0 Å². The van der Waals surface area contributed by atoms with Gasteiger partial charge in [0.25, 0.3) is 5.91 Å². The fourth-order valence-corrected chi connectivity index (χ4v) is 4.35. The third-order valence-electron chi connectivity index (χ3n) is 4.91. The number of rotatable bonds is 8. The van der Waals surface area contributed by atoms with Gasteiger partial charge in [-0.25, -0.2) is 4.79 Å². The largest absolute Gasteiger partial charge is 0.576 e. The van der Waals surface area contributed by atoms with Crippen LogP contribution in [0.15, 0.2) is 6.07 Å². The number of ether oxygens (including phenoxy) is 2. The van der Waals surface area contributed by atoms with Crippen molar-refractivity contribution in [3.63, 3.8) is 0 Å². The van der Waals surface area contributed by atoms with Crippen LogP contribution in [0.4, 0.5) is 0 Å². The fraction of sp³-hybridized carbons (Fsp3) is 0.700. The zero-order valence-corrected chi connectivity index (χ0v) is 20.9. The van der Waals surface area contributed by atoms with E-state index in [0.29, 0.717) is 5.69 Å². The van der Waals surface area contributed by atoms with Crippen molar-refractivity contribution >= 4 is 26.0 Å². The summed E-state index contributed by atoms with van der Waals surface area (Å²) in [7, 11) is -1.07. The molecule has 186 valence electrons. The molecule has 1 unspecified atom stereocenters. The van der Waals surface area contributed by atoms with E-state index in [9.17, 15) is 19.3 Å². The summed E-state index contributed by atoms with van der Waals surface area (Å²) in [5, 5.41) is 6.87. The van der Waals surface area contributed by atoms with Crippen molar-refractivity contribution < 1.29 is 42.3 Å². The van der Waals surface area contributed by atoms with Crippen LogP contribution < -0.4 is 5.32 Å². The van der Waals surface area contributed by atoms with Crippen LogP contribution in [0.3, 0.4) is 0 Å². The minimum absolute atomic E-state index is 0.0112. The lowest BCUT2D eigenvalue weighted by molar-refractivity contribution is -0.146. The topological polar surface area (TPSA) is 147 Å². The highest BCUT2D eigenvalue weighted by atomic mass is 31.2. The summed E-state index contributed by atoms with van der Waals surface area (Å²) in [4.78, 5) is 46.8. The molecule has 12 nitrogen and oxygen atoms in total. The number of nitrogens with zero attached hydrogens (tertiary/aromatic N) is 2. The number of methoxy groups -OCH3 is 1. The van der Waals surface area contributed by atoms with Gasteiger partial charge in [-0.15, -0.1) is 9.05 Å². The van der Waals surface area contributed by atoms with E-state index in [1.807, 2.05) is 20.8 Å². The van der Waals surface area contributed by atoms with Crippen molar-refractivity contribution in [3.8, 4) is 0 Å². The van der Waals surface area contributed by atoms with Crippen LogP contribution in [-0.4, -0.2) is 65.7 Å². The van der Waals surface area contributed by atoms with Gasteiger partial charge in [-0.3, -0.25) is 14.3 Å². The van der Waals surface area contributed by atoms with Gasteiger partial charge >= 0.3 is 20.1 Å². The molecule has 1 aromatic rings. The molecule has 13 heteroatoms. The molecule has 0 bridgehead atoms. The smallest absolute Gasteiger partial charge is 0.469 e. The summed E-state index contributed by atoms with van der Waals surface area (Å²) in [6.07, 6.45) is -1.13. The molecule has 2 heterocycles. The molecule has 1 amide bonds. The SMILES string of the molecule is COC(=O)CCNC(=O)[C@@H]1O[P+](O)(OCOC(=O)c2cc(C(C)(C)C)nn2C)OCC1(C)C. The van der Waals surface area contributed by atoms with Crippen molar-refractivity contribution in [1.29, 1.82) is 0 Å². The van der Waals surface area contributed by atoms with Gasteiger partial charge in [0, 0.05) is 24.4 Å². The zero-order valence-electron chi connectivity index (χ0n) is 20.0. The maximum absolute atomic E-state index is 12.6. The van der Waals surface area contributed by atoms with Crippen LogP contribution >= 0.6 is 8.17 Å².